The van der Waals surface area contributed by atoms with Crippen LogP contribution >= 0.6 is 0 Å². The summed E-state index contributed by atoms with van der Waals surface area (Å²) in [5.41, 5.74) is 3.14. The Bertz CT molecular complexity index is 425. The van der Waals surface area contributed by atoms with E-state index in [0.29, 0.717) is 6.04 Å². The van der Waals surface area contributed by atoms with Crippen LogP contribution in [0.3, 0.4) is 0 Å². The SMILES string of the molecule is CCC1CCC(NC2CCCc3ccccc32)C1C. The Morgan fingerprint density at radius 2 is 2.00 bits per heavy atom. The van der Waals surface area contributed by atoms with Gasteiger partial charge < -0.3 is 5.32 Å². The van der Waals surface area contributed by atoms with Crippen LogP contribution in [-0.2, 0) is 6.42 Å². The normalized spacial score (nSPS) is 34.2. The van der Waals surface area contributed by atoms with E-state index < -0.39 is 0 Å². The van der Waals surface area contributed by atoms with Gasteiger partial charge in [0.2, 0.25) is 0 Å². The predicted octanol–water partition coefficient (Wildman–Crippen LogP) is 4.48. The molecule has 4 atom stereocenters. The third-order valence-electron chi connectivity index (χ3n) is 5.54. The molecule has 4 unspecified atom stereocenters. The highest BCUT2D eigenvalue weighted by Gasteiger charge is 2.33. The summed E-state index contributed by atoms with van der Waals surface area (Å²) in [6, 6.07) is 10.4. The van der Waals surface area contributed by atoms with E-state index in [1.54, 1.807) is 11.1 Å². The summed E-state index contributed by atoms with van der Waals surface area (Å²) in [5, 5.41) is 3.99. The Hall–Kier alpha value is -0.820. The lowest BCUT2D eigenvalue weighted by atomic mass is 9.86. The van der Waals surface area contributed by atoms with E-state index in [-0.39, 0.29) is 0 Å². The van der Waals surface area contributed by atoms with Gasteiger partial charge in [-0.05, 0) is 55.1 Å². The molecule has 0 aromatic heterocycles. The molecule has 1 aromatic carbocycles. The molecule has 1 aromatic rings. The zero-order chi connectivity index (χ0) is 13.2. The molecular formula is C18H27N. The Morgan fingerprint density at radius 3 is 2.79 bits per heavy atom. The van der Waals surface area contributed by atoms with E-state index in [1.165, 1.54) is 38.5 Å². The summed E-state index contributed by atoms with van der Waals surface area (Å²) in [6.45, 7) is 4.80. The Kier molecular flexibility index (Phi) is 3.93. The van der Waals surface area contributed by atoms with Crippen LogP contribution in [-0.4, -0.2) is 6.04 Å². The second-order valence-corrected chi connectivity index (χ2v) is 6.52. The first kappa shape index (κ1) is 13.2. The van der Waals surface area contributed by atoms with Gasteiger partial charge in [-0.2, -0.15) is 0 Å². The Labute approximate surface area is 117 Å². The van der Waals surface area contributed by atoms with Gasteiger partial charge in [-0.3, -0.25) is 0 Å². The number of hydrogen-bond acceptors (Lipinski definition) is 1. The van der Waals surface area contributed by atoms with Crippen LogP contribution in [0.1, 0.15) is 63.1 Å². The fraction of sp³-hybridized carbons (Fsp3) is 0.667. The van der Waals surface area contributed by atoms with E-state index >= 15 is 0 Å². The lowest BCUT2D eigenvalue weighted by Crippen LogP contribution is -2.37. The molecule has 0 bridgehead atoms. The van der Waals surface area contributed by atoms with Crippen LogP contribution in [0.15, 0.2) is 24.3 Å². The van der Waals surface area contributed by atoms with Crippen molar-refractivity contribution in [1.82, 2.24) is 5.32 Å². The second kappa shape index (κ2) is 5.66. The van der Waals surface area contributed by atoms with Crippen LogP contribution in [0, 0.1) is 11.8 Å². The quantitative estimate of drug-likeness (QED) is 0.842. The average molecular weight is 257 g/mol. The number of rotatable bonds is 3. The maximum absolute atomic E-state index is 3.99. The van der Waals surface area contributed by atoms with E-state index in [1.807, 2.05) is 0 Å². The highest BCUT2D eigenvalue weighted by atomic mass is 15.0. The van der Waals surface area contributed by atoms with Crippen molar-refractivity contribution in [2.45, 2.75) is 64.5 Å². The maximum Gasteiger partial charge on any atom is 0.0325 e. The third-order valence-corrected chi connectivity index (χ3v) is 5.54. The second-order valence-electron chi connectivity index (χ2n) is 6.52. The monoisotopic (exact) mass is 257 g/mol. The fourth-order valence-corrected chi connectivity index (χ4v) is 4.24. The van der Waals surface area contributed by atoms with Crippen LogP contribution in [0.2, 0.25) is 0 Å². The highest BCUT2D eigenvalue weighted by molar-refractivity contribution is 5.32. The molecule has 0 aliphatic heterocycles. The van der Waals surface area contributed by atoms with Crippen LogP contribution in [0.25, 0.3) is 0 Å². The van der Waals surface area contributed by atoms with Gasteiger partial charge in [0.05, 0.1) is 0 Å². The fourth-order valence-electron chi connectivity index (χ4n) is 4.24. The summed E-state index contributed by atoms with van der Waals surface area (Å²) in [6.07, 6.45) is 8.07. The number of nitrogens with one attached hydrogen (secondary N) is 1. The molecule has 0 heterocycles. The number of fused-ring (bicyclic) bond motifs is 1. The van der Waals surface area contributed by atoms with E-state index in [2.05, 4.69) is 43.4 Å². The first-order valence-corrected chi connectivity index (χ1v) is 8.13. The highest BCUT2D eigenvalue weighted by Crippen LogP contribution is 2.37. The van der Waals surface area contributed by atoms with Gasteiger partial charge in [0, 0.05) is 12.1 Å². The molecule has 0 spiro atoms. The smallest absolute Gasteiger partial charge is 0.0325 e. The molecule has 1 saturated carbocycles. The van der Waals surface area contributed by atoms with Crippen molar-refractivity contribution >= 4 is 0 Å². The van der Waals surface area contributed by atoms with Crippen molar-refractivity contribution in [3.05, 3.63) is 35.4 Å². The molecule has 3 rings (SSSR count). The minimum absolute atomic E-state index is 0.605. The van der Waals surface area contributed by atoms with Crippen molar-refractivity contribution in [2.24, 2.45) is 11.8 Å². The van der Waals surface area contributed by atoms with E-state index in [4.69, 9.17) is 0 Å². The molecule has 19 heavy (non-hydrogen) atoms. The molecule has 2 aliphatic carbocycles. The summed E-state index contributed by atoms with van der Waals surface area (Å²) in [7, 11) is 0. The summed E-state index contributed by atoms with van der Waals surface area (Å²) < 4.78 is 0. The van der Waals surface area contributed by atoms with E-state index in [9.17, 15) is 0 Å². The first-order valence-electron chi connectivity index (χ1n) is 8.13. The van der Waals surface area contributed by atoms with Gasteiger partial charge in [-0.25, -0.2) is 0 Å². The van der Waals surface area contributed by atoms with Crippen LogP contribution < -0.4 is 5.32 Å². The minimum atomic E-state index is 0.605. The summed E-state index contributed by atoms with van der Waals surface area (Å²) in [4.78, 5) is 0. The summed E-state index contributed by atoms with van der Waals surface area (Å²) >= 11 is 0. The molecule has 1 fully saturated rings. The zero-order valence-corrected chi connectivity index (χ0v) is 12.4. The van der Waals surface area contributed by atoms with Crippen LogP contribution in [0.5, 0.6) is 0 Å². The van der Waals surface area contributed by atoms with Gasteiger partial charge in [0.15, 0.2) is 0 Å². The van der Waals surface area contributed by atoms with Gasteiger partial charge in [-0.15, -0.1) is 0 Å². The standard InChI is InChI=1S/C18H27N/c1-3-14-11-12-17(13(14)2)19-18-10-6-8-15-7-4-5-9-16(15)18/h4-5,7,9,13-14,17-19H,3,6,8,10-12H2,1-2H3. The lowest BCUT2D eigenvalue weighted by molar-refractivity contribution is 0.308. The zero-order valence-electron chi connectivity index (χ0n) is 12.4. The molecule has 1 N–H and O–H groups in total. The molecule has 0 amide bonds. The minimum Gasteiger partial charge on any atom is -0.307 e. The average Bonchev–Trinajstić information content (AvgIpc) is 2.80. The molecule has 2 aliphatic rings. The molecule has 104 valence electrons. The first-order chi connectivity index (χ1) is 9.29. The van der Waals surface area contributed by atoms with Gasteiger partial charge in [-0.1, -0.05) is 44.5 Å². The predicted molar refractivity (Wildman–Crippen MR) is 81.2 cm³/mol. The molecular weight excluding hydrogens is 230 g/mol. The maximum atomic E-state index is 3.99. The largest absolute Gasteiger partial charge is 0.307 e. The van der Waals surface area contributed by atoms with Gasteiger partial charge >= 0.3 is 0 Å². The topological polar surface area (TPSA) is 12.0 Å². The van der Waals surface area contributed by atoms with Crippen molar-refractivity contribution < 1.29 is 0 Å². The third kappa shape index (κ3) is 2.58. The number of aryl methyl sites for hydroxylation is 1. The summed E-state index contributed by atoms with van der Waals surface area (Å²) in [5.74, 6) is 1.79. The van der Waals surface area contributed by atoms with Crippen LogP contribution in [0.4, 0.5) is 0 Å². The van der Waals surface area contributed by atoms with Crippen molar-refractivity contribution in [3.63, 3.8) is 0 Å². The van der Waals surface area contributed by atoms with E-state index in [0.717, 1.165) is 17.9 Å². The molecule has 0 saturated heterocycles. The van der Waals surface area contributed by atoms with Gasteiger partial charge in [0.25, 0.3) is 0 Å². The number of benzene rings is 1. The van der Waals surface area contributed by atoms with Crippen molar-refractivity contribution in [3.8, 4) is 0 Å². The molecule has 1 nitrogen and oxygen atoms in total. The van der Waals surface area contributed by atoms with Crippen molar-refractivity contribution in [1.29, 1.82) is 0 Å². The molecule has 1 heteroatoms. The molecule has 0 radical (unpaired) electrons. The number of hydrogen-bond donors (Lipinski definition) is 1. The van der Waals surface area contributed by atoms with Gasteiger partial charge in [0.1, 0.15) is 0 Å². The Balaban J connectivity index is 1.71. The van der Waals surface area contributed by atoms with Crippen molar-refractivity contribution in [2.75, 3.05) is 0 Å². The Morgan fingerprint density at radius 1 is 1.16 bits per heavy atom. The lowest BCUT2D eigenvalue weighted by Gasteiger charge is -2.31.